The van der Waals surface area contributed by atoms with Gasteiger partial charge in [0.05, 0.1) is 18.2 Å². The van der Waals surface area contributed by atoms with Crippen molar-refractivity contribution >= 4 is 28.9 Å². The zero-order chi connectivity index (χ0) is 23.4. The Labute approximate surface area is 193 Å². The standard InChI is InChI=1S/C25H31N5O3/c1-3-21-23(30-14-11-19(26)15-22(30)28-21)24(31)27-16-17-5-7-20(8-6-17)29-12-9-18(10-13-29)25(32)33-4-2/h5-8,11,14-15,18H,3-4,9-10,12-13,16,26H2,1-2H3,(H,27,31). The zero-order valence-corrected chi connectivity index (χ0v) is 19.2. The van der Waals surface area contributed by atoms with E-state index in [4.69, 9.17) is 10.5 Å². The average Bonchev–Trinajstić information content (AvgIpc) is 3.21. The minimum Gasteiger partial charge on any atom is -0.466 e. The van der Waals surface area contributed by atoms with Crippen LogP contribution in [0.5, 0.6) is 0 Å². The molecule has 1 aromatic carbocycles. The summed E-state index contributed by atoms with van der Waals surface area (Å²) in [6, 6.07) is 11.7. The van der Waals surface area contributed by atoms with Gasteiger partial charge in [-0.3, -0.25) is 14.0 Å². The number of benzene rings is 1. The molecular formula is C25H31N5O3. The van der Waals surface area contributed by atoms with Crippen molar-refractivity contribution in [3.8, 4) is 0 Å². The molecule has 0 unspecified atom stereocenters. The number of carbonyl (C=O) groups excluding carboxylic acids is 2. The summed E-state index contributed by atoms with van der Waals surface area (Å²) in [5.74, 6) is -0.238. The van der Waals surface area contributed by atoms with E-state index in [1.165, 1.54) is 0 Å². The highest BCUT2D eigenvalue weighted by atomic mass is 16.5. The molecular weight excluding hydrogens is 418 g/mol. The van der Waals surface area contributed by atoms with E-state index < -0.39 is 0 Å². The lowest BCUT2D eigenvalue weighted by Gasteiger charge is -2.32. The van der Waals surface area contributed by atoms with Crippen molar-refractivity contribution in [1.82, 2.24) is 14.7 Å². The van der Waals surface area contributed by atoms with Gasteiger partial charge in [0.25, 0.3) is 5.91 Å². The molecule has 0 bridgehead atoms. The molecule has 1 fully saturated rings. The van der Waals surface area contributed by atoms with Crippen molar-refractivity contribution in [2.24, 2.45) is 5.92 Å². The lowest BCUT2D eigenvalue weighted by Crippen LogP contribution is -2.37. The summed E-state index contributed by atoms with van der Waals surface area (Å²) in [4.78, 5) is 31.7. The zero-order valence-electron chi connectivity index (χ0n) is 19.2. The predicted octanol–water partition coefficient (Wildman–Crippen LogP) is 3.19. The first-order valence-electron chi connectivity index (χ1n) is 11.5. The van der Waals surface area contributed by atoms with Crippen LogP contribution in [0.2, 0.25) is 0 Å². The summed E-state index contributed by atoms with van der Waals surface area (Å²) in [6.07, 6.45) is 4.06. The monoisotopic (exact) mass is 449 g/mol. The number of fused-ring (bicyclic) bond motifs is 1. The number of hydrogen-bond acceptors (Lipinski definition) is 6. The highest BCUT2D eigenvalue weighted by molar-refractivity contribution is 5.94. The molecule has 1 aliphatic rings. The van der Waals surface area contributed by atoms with Gasteiger partial charge in [-0.2, -0.15) is 0 Å². The lowest BCUT2D eigenvalue weighted by molar-refractivity contribution is -0.148. The minimum atomic E-state index is -0.158. The van der Waals surface area contributed by atoms with Crippen molar-refractivity contribution in [1.29, 1.82) is 0 Å². The number of piperidine rings is 1. The number of amides is 1. The van der Waals surface area contributed by atoms with Crippen LogP contribution < -0.4 is 16.0 Å². The molecule has 0 radical (unpaired) electrons. The Balaban J connectivity index is 1.36. The minimum absolute atomic E-state index is 0.000217. The number of hydrogen-bond donors (Lipinski definition) is 2. The van der Waals surface area contributed by atoms with Gasteiger partial charge in [0, 0.05) is 43.3 Å². The van der Waals surface area contributed by atoms with E-state index >= 15 is 0 Å². The molecule has 3 N–H and O–H groups in total. The number of aromatic nitrogens is 2. The van der Waals surface area contributed by atoms with Crippen LogP contribution in [0.15, 0.2) is 42.6 Å². The Kier molecular flexibility index (Phi) is 6.82. The second-order valence-corrected chi connectivity index (χ2v) is 8.31. The smallest absolute Gasteiger partial charge is 0.309 e. The van der Waals surface area contributed by atoms with E-state index in [2.05, 4.69) is 27.3 Å². The SMILES string of the molecule is CCOC(=O)C1CCN(c2ccc(CNC(=O)c3c(CC)nc4cc(N)ccn34)cc2)CC1. The molecule has 3 heterocycles. The number of rotatable bonds is 7. The third-order valence-corrected chi connectivity index (χ3v) is 6.14. The highest BCUT2D eigenvalue weighted by Crippen LogP contribution is 2.24. The van der Waals surface area contributed by atoms with Crippen molar-refractivity contribution in [3.63, 3.8) is 0 Å². The molecule has 4 rings (SSSR count). The number of nitrogens with zero attached hydrogens (tertiary/aromatic N) is 3. The first-order valence-corrected chi connectivity index (χ1v) is 11.5. The normalized spacial score (nSPS) is 14.4. The Hall–Kier alpha value is -3.55. The fraction of sp³-hybridized carbons (Fsp3) is 0.400. The molecule has 0 atom stereocenters. The number of anilines is 2. The topological polar surface area (TPSA) is 102 Å². The number of aryl methyl sites for hydroxylation is 1. The van der Waals surface area contributed by atoms with Crippen LogP contribution in [0.1, 0.15) is 48.4 Å². The lowest BCUT2D eigenvalue weighted by atomic mass is 9.96. The Morgan fingerprint density at radius 2 is 1.88 bits per heavy atom. The summed E-state index contributed by atoms with van der Waals surface area (Å²) >= 11 is 0. The second-order valence-electron chi connectivity index (χ2n) is 8.31. The second kappa shape index (κ2) is 9.94. The van der Waals surface area contributed by atoms with Gasteiger partial charge >= 0.3 is 5.97 Å². The summed E-state index contributed by atoms with van der Waals surface area (Å²) in [5, 5.41) is 3.02. The summed E-state index contributed by atoms with van der Waals surface area (Å²) in [5.41, 5.74) is 10.6. The van der Waals surface area contributed by atoms with Crippen LogP contribution in [0.3, 0.4) is 0 Å². The molecule has 1 saturated heterocycles. The van der Waals surface area contributed by atoms with Crippen LogP contribution in [0.25, 0.3) is 5.65 Å². The molecule has 174 valence electrons. The molecule has 1 amide bonds. The van der Waals surface area contributed by atoms with Crippen LogP contribution in [0, 0.1) is 5.92 Å². The number of nitrogens with one attached hydrogen (secondary N) is 1. The van der Waals surface area contributed by atoms with Gasteiger partial charge < -0.3 is 20.7 Å². The number of pyridine rings is 1. The van der Waals surface area contributed by atoms with Crippen molar-refractivity contribution in [3.05, 3.63) is 59.5 Å². The molecule has 1 aliphatic heterocycles. The van der Waals surface area contributed by atoms with Gasteiger partial charge in [0.1, 0.15) is 11.3 Å². The third kappa shape index (κ3) is 4.94. The predicted molar refractivity (Wildman–Crippen MR) is 128 cm³/mol. The van der Waals surface area contributed by atoms with Crippen molar-refractivity contribution < 1.29 is 14.3 Å². The first kappa shape index (κ1) is 22.6. The molecule has 0 saturated carbocycles. The van der Waals surface area contributed by atoms with E-state index in [-0.39, 0.29) is 17.8 Å². The summed E-state index contributed by atoms with van der Waals surface area (Å²) in [7, 11) is 0. The van der Waals surface area contributed by atoms with Gasteiger partial charge in [0.2, 0.25) is 0 Å². The van der Waals surface area contributed by atoms with Gasteiger partial charge in [-0.05, 0) is 49.9 Å². The molecule has 3 aromatic rings. The van der Waals surface area contributed by atoms with Crippen LogP contribution in [-0.4, -0.2) is 41.0 Å². The van der Waals surface area contributed by atoms with Gasteiger partial charge in [0.15, 0.2) is 0 Å². The molecule has 2 aromatic heterocycles. The van der Waals surface area contributed by atoms with Gasteiger partial charge in [-0.15, -0.1) is 0 Å². The number of nitrogens with two attached hydrogens (primary N) is 1. The summed E-state index contributed by atoms with van der Waals surface area (Å²) in [6.45, 7) is 6.35. The number of ether oxygens (including phenoxy) is 1. The fourth-order valence-corrected chi connectivity index (χ4v) is 4.32. The third-order valence-electron chi connectivity index (χ3n) is 6.14. The quantitative estimate of drug-likeness (QED) is 0.537. The molecule has 0 aliphatic carbocycles. The van der Waals surface area contributed by atoms with Crippen LogP contribution >= 0.6 is 0 Å². The van der Waals surface area contributed by atoms with E-state index in [1.807, 2.05) is 26.0 Å². The molecule has 8 nitrogen and oxygen atoms in total. The maximum Gasteiger partial charge on any atom is 0.309 e. The molecule has 8 heteroatoms. The highest BCUT2D eigenvalue weighted by Gasteiger charge is 2.26. The van der Waals surface area contributed by atoms with E-state index in [0.717, 1.165) is 42.9 Å². The molecule has 33 heavy (non-hydrogen) atoms. The molecule has 0 spiro atoms. The average molecular weight is 450 g/mol. The Morgan fingerprint density at radius 3 is 2.55 bits per heavy atom. The Bertz CT molecular complexity index is 1130. The van der Waals surface area contributed by atoms with Gasteiger partial charge in [-0.1, -0.05) is 19.1 Å². The van der Waals surface area contributed by atoms with Crippen LogP contribution in [0.4, 0.5) is 11.4 Å². The maximum atomic E-state index is 13.0. The maximum absolute atomic E-state index is 13.0. The largest absolute Gasteiger partial charge is 0.466 e. The fourth-order valence-electron chi connectivity index (χ4n) is 4.32. The van der Waals surface area contributed by atoms with Crippen molar-refractivity contribution in [2.75, 3.05) is 30.3 Å². The number of imidazole rings is 1. The first-order chi connectivity index (χ1) is 16.0. The number of esters is 1. The van der Waals surface area contributed by atoms with Crippen LogP contribution in [-0.2, 0) is 22.5 Å². The summed E-state index contributed by atoms with van der Waals surface area (Å²) < 4.78 is 6.94. The number of carbonyl (C=O) groups is 2. The van der Waals surface area contributed by atoms with E-state index in [1.54, 1.807) is 22.7 Å². The van der Waals surface area contributed by atoms with E-state index in [0.29, 0.717) is 36.6 Å². The Morgan fingerprint density at radius 1 is 1.15 bits per heavy atom. The van der Waals surface area contributed by atoms with E-state index in [9.17, 15) is 9.59 Å². The number of nitrogen functional groups attached to an aromatic ring is 1. The van der Waals surface area contributed by atoms with Crippen molar-refractivity contribution in [2.45, 2.75) is 39.7 Å². The van der Waals surface area contributed by atoms with Gasteiger partial charge in [-0.25, -0.2) is 4.98 Å².